The topological polar surface area (TPSA) is 32.3 Å². The standard InChI is InChI=1S/C10H11BrN2O/c1-7-6-13(12-10(7)14)9-4-2-8(11)3-5-9/h2-5,7H,6H2,1H3,(H,12,14). The van der Waals surface area contributed by atoms with Gasteiger partial charge in [0.15, 0.2) is 0 Å². The quantitative estimate of drug-likeness (QED) is 0.831. The normalized spacial score (nSPS) is 21.1. The average molecular weight is 255 g/mol. The molecule has 1 fully saturated rings. The first-order chi connectivity index (χ1) is 6.66. The molecule has 1 atom stereocenters. The van der Waals surface area contributed by atoms with Crippen molar-refractivity contribution in [1.82, 2.24) is 5.43 Å². The second-order valence-electron chi connectivity index (χ2n) is 3.46. The Labute approximate surface area is 91.2 Å². The van der Waals surface area contributed by atoms with E-state index in [-0.39, 0.29) is 11.8 Å². The highest BCUT2D eigenvalue weighted by Gasteiger charge is 2.26. The minimum atomic E-state index is 0.0682. The van der Waals surface area contributed by atoms with Crippen LogP contribution in [0.5, 0.6) is 0 Å². The van der Waals surface area contributed by atoms with Gasteiger partial charge in [-0.25, -0.2) is 0 Å². The Morgan fingerprint density at radius 3 is 2.57 bits per heavy atom. The number of carbonyl (C=O) groups excluding carboxylic acids is 1. The number of rotatable bonds is 1. The molecule has 1 unspecified atom stereocenters. The molecule has 1 aliphatic heterocycles. The van der Waals surface area contributed by atoms with Gasteiger partial charge in [-0.1, -0.05) is 22.9 Å². The predicted octanol–water partition coefficient (Wildman–Crippen LogP) is 1.94. The Hall–Kier alpha value is -1.03. The van der Waals surface area contributed by atoms with Gasteiger partial charge in [0.2, 0.25) is 5.91 Å². The second kappa shape index (κ2) is 3.61. The molecule has 1 aromatic rings. The summed E-state index contributed by atoms with van der Waals surface area (Å²) in [6.45, 7) is 2.66. The van der Waals surface area contributed by atoms with E-state index in [2.05, 4.69) is 21.4 Å². The van der Waals surface area contributed by atoms with E-state index in [0.717, 1.165) is 16.7 Å². The van der Waals surface area contributed by atoms with Crippen LogP contribution < -0.4 is 10.4 Å². The summed E-state index contributed by atoms with van der Waals surface area (Å²) in [6.07, 6.45) is 0. The van der Waals surface area contributed by atoms with Crippen LogP contribution in [0, 0.1) is 5.92 Å². The second-order valence-corrected chi connectivity index (χ2v) is 4.38. The zero-order valence-electron chi connectivity index (χ0n) is 7.83. The molecular weight excluding hydrogens is 244 g/mol. The molecule has 0 aromatic heterocycles. The molecule has 1 saturated heterocycles. The number of halogens is 1. The summed E-state index contributed by atoms with van der Waals surface area (Å²) in [7, 11) is 0. The van der Waals surface area contributed by atoms with Crippen molar-refractivity contribution in [3.05, 3.63) is 28.7 Å². The number of benzene rings is 1. The fraction of sp³-hybridized carbons (Fsp3) is 0.300. The summed E-state index contributed by atoms with van der Waals surface area (Å²) in [4.78, 5) is 11.3. The summed E-state index contributed by atoms with van der Waals surface area (Å²) in [5.41, 5.74) is 3.84. The average Bonchev–Trinajstić information content (AvgIpc) is 2.48. The summed E-state index contributed by atoms with van der Waals surface area (Å²) in [5, 5.41) is 1.87. The molecule has 0 aliphatic carbocycles. The molecule has 3 nitrogen and oxygen atoms in total. The van der Waals surface area contributed by atoms with Crippen LogP contribution in [0.15, 0.2) is 28.7 Å². The largest absolute Gasteiger partial charge is 0.285 e. The van der Waals surface area contributed by atoms with E-state index in [4.69, 9.17) is 0 Å². The van der Waals surface area contributed by atoms with Crippen molar-refractivity contribution in [3.8, 4) is 0 Å². The van der Waals surface area contributed by atoms with E-state index in [1.54, 1.807) is 0 Å². The zero-order chi connectivity index (χ0) is 10.1. The fourth-order valence-corrected chi connectivity index (χ4v) is 1.70. The van der Waals surface area contributed by atoms with E-state index in [1.165, 1.54) is 0 Å². The third kappa shape index (κ3) is 1.75. The number of carbonyl (C=O) groups is 1. The summed E-state index contributed by atoms with van der Waals surface area (Å²) in [5.74, 6) is 0.159. The monoisotopic (exact) mass is 254 g/mol. The van der Waals surface area contributed by atoms with Gasteiger partial charge in [0.05, 0.1) is 18.2 Å². The van der Waals surface area contributed by atoms with Gasteiger partial charge < -0.3 is 0 Å². The minimum absolute atomic E-state index is 0.0682. The number of hydrogen-bond donors (Lipinski definition) is 1. The van der Waals surface area contributed by atoms with Crippen molar-refractivity contribution in [2.45, 2.75) is 6.92 Å². The first-order valence-corrected chi connectivity index (χ1v) is 5.30. The fourth-order valence-electron chi connectivity index (χ4n) is 1.44. The van der Waals surface area contributed by atoms with Gasteiger partial charge in [-0.15, -0.1) is 0 Å². The lowest BCUT2D eigenvalue weighted by Gasteiger charge is -2.17. The smallest absolute Gasteiger partial charge is 0.243 e. The van der Waals surface area contributed by atoms with Crippen LogP contribution in [-0.4, -0.2) is 12.5 Å². The van der Waals surface area contributed by atoms with Gasteiger partial charge in [-0.05, 0) is 24.3 Å². The van der Waals surface area contributed by atoms with Gasteiger partial charge in [0.25, 0.3) is 0 Å². The van der Waals surface area contributed by atoms with Crippen LogP contribution in [0.4, 0.5) is 5.69 Å². The van der Waals surface area contributed by atoms with E-state index < -0.39 is 0 Å². The van der Waals surface area contributed by atoms with Crippen LogP contribution in [0.3, 0.4) is 0 Å². The maximum atomic E-state index is 11.3. The zero-order valence-corrected chi connectivity index (χ0v) is 9.41. The molecule has 0 spiro atoms. The van der Waals surface area contributed by atoms with E-state index >= 15 is 0 Å². The van der Waals surface area contributed by atoms with Crippen molar-refractivity contribution < 1.29 is 4.79 Å². The molecular formula is C10H11BrN2O. The van der Waals surface area contributed by atoms with Crippen molar-refractivity contribution in [2.75, 3.05) is 11.6 Å². The van der Waals surface area contributed by atoms with Gasteiger partial charge in [0, 0.05) is 4.47 Å². The molecule has 1 N–H and O–H groups in total. The summed E-state index contributed by atoms with van der Waals surface area (Å²) >= 11 is 3.37. The van der Waals surface area contributed by atoms with Gasteiger partial charge in [-0.3, -0.25) is 15.2 Å². The number of nitrogens with one attached hydrogen (secondary N) is 1. The highest BCUT2D eigenvalue weighted by Crippen LogP contribution is 2.20. The van der Waals surface area contributed by atoms with Crippen LogP contribution in [0.2, 0.25) is 0 Å². The van der Waals surface area contributed by atoms with Gasteiger partial charge >= 0.3 is 0 Å². The molecule has 2 rings (SSSR count). The lowest BCUT2D eigenvalue weighted by atomic mass is 10.2. The molecule has 1 aromatic carbocycles. The maximum absolute atomic E-state index is 11.3. The van der Waals surface area contributed by atoms with Gasteiger partial charge in [-0.2, -0.15) is 0 Å². The van der Waals surface area contributed by atoms with Crippen LogP contribution in [0.1, 0.15) is 6.92 Å². The molecule has 1 amide bonds. The highest BCUT2D eigenvalue weighted by molar-refractivity contribution is 9.10. The first-order valence-electron chi connectivity index (χ1n) is 4.50. The number of nitrogens with zero attached hydrogens (tertiary/aromatic N) is 1. The van der Waals surface area contributed by atoms with Crippen LogP contribution in [-0.2, 0) is 4.79 Å². The molecule has 4 heteroatoms. The Morgan fingerprint density at radius 1 is 1.43 bits per heavy atom. The van der Waals surface area contributed by atoms with Gasteiger partial charge in [0.1, 0.15) is 0 Å². The lowest BCUT2D eigenvalue weighted by molar-refractivity contribution is -0.121. The number of hydrazine groups is 1. The minimum Gasteiger partial charge on any atom is -0.285 e. The SMILES string of the molecule is CC1CN(c2ccc(Br)cc2)NC1=O. The molecule has 1 aliphatic rings. The van der Waals surface area contributed by atoms with Crippen LogP contribution in [0.25, 0.3) is 0 Å². The summed E-state index contributed by atoms with van der Waals surface area (Å²) in [6, 6.07) is 7.87. The van der Waals surface area contributed by atoms with E-state index in [0.29, 0.717) is 0 Å². The van der Waals surface area contributed by atoms with Crippen molar-refractivity contribution in [1.29, 1.82) is 0 Å². The molecule has 0 bridgehead atoms. The van der Waals surface area contributed by atoms with E-state index in [1.807, 2.05) is 36.2 Å². The van der Waals surface area contributed by atoms with Crippen molar-refractivity contribution in [3.63, 3.8) is 0 Å². The maximum Gasteiger partial charge on any atom is 0.243 e. The van der Waals surface area contributed by atoms with E-state index in [9.17, 15) is 4.79 Å². The third-order valence-corrected chi connectivity index (χ3v) is 2.82. The number of amides is 1. The Morgan fingerprint density at radius 2 is 2.07 bits per heavy atom. The molecule has 14 heavy (non-hydrogen) atoms. The summed E-state index contributed by atoms with van der Waals surface area (Å²) < 4.78 is 1.04. The molecule has 0 saturated carbocycles. The number of hydrogen-bond acceptors (Lipinski definition) is 2. The highest BCUT2D eigenvalue weighted by atomic mass is 79.9. The first kappa shape index (κ1) is 9.52. The Balaban J connectivity index is 2.17. The number of anilines is 1. The van der Waals surface area contributed by atoms with Crippen molar-refractivity contribution >= 4 is 27.5 Å². The van der Waals surface area contributed by atoms with Crippen molar-refractivity contribution in [2.24, 2.45) is 5.92 Å². The Kier molecular flexibility index (Phi) is 2.46. The lowest BCUT2D eigenvalue weighted by Crippen LogP contribution is -2.32. The third-order valence-electron chi connectivity index (χ3n) is 2.29. The molecule has 74 valence electrons. The molecule has 1 heterocycles. The Bertz CT molecular complexity index is 350. The predicted molar refractivity (Wildman–Crippen MR) is 58.8 cm³/mol. The van der Waals surface area contributed by atoms with Crippen LogP contribution >= 0.6 is 15.9 Å². The molecule has 0 radical (unpaired) electrons.